The molecule has 3 heterocycles. The molecule has 1 fully saturated rings. The molecule has 2 atom stereocenters. The second kappa shape index (κ2) is 10.2. The highest BCUT2D eigenvalue weighted by atomic mass is 35.5. The summed E-state index contributed by atoms with van der Waals surface area (Å²) in [5.41, 5.74) is 1.50. The van der Waals surface area contributed by atoms with Gasteiger partial charge in [-0.05, 0) is 54.8 Å². The van der Waals surface area contributed by atoms with Crippen LogP contribution in [0, 0.1) is 0 Å². The van der Waals surface area contributed by atoms with E-state index in [-0.39, 0.29) is 23.6 Å². The molecule has 2 aromatic carbocycles. The molecule has 194 valence electrons. The first-order chi connectivity index (χ1) is 18.5. The third kappa shape index (κ3) is 4.79. The second-order valence-electron chi connectivity index (χ2n) is 9.60. The third-order valence-corrected chi connectivity index (χ3v) is 8.29. The first-order valence-electron chi connectivity index (χ1n) is 12.6. The van der Waals surface area contributed by atoms with Gasteiger partial charge >= 0.3 is 0 Å². The number of hydrogen-bond donors (Lipinski definition) is 2. The van der Waals surface area contributed by atoms with E-state index < -0.39 is 11.8 Å². The number of carbonyl (C=O) groups excluding carboxylic acids is 3. The molecule has 2 N–H and O–H groups in total. The van der Waals surface area contributed by atoms with Gasteiger partial charge in [0, 0.05) is 6.04 Å². The summed E-state index contributed by atoms with van der Waals surface area (Å²) in [5, 5.41) is 6.23. The summed E-state index contributed by atoms with van der Waals surface area (Å²) in [5.74, 6) is 0.259. The smallest absolute Gasteiger partial charge is 0.265 e. The van der Waals surface area contributed by atoms with Crippen molar-refractivity contribution in [2.75, 3.05) is 11.9 Å². The number of halogens is 1. The summed E-state index contributed by atoms with van der Waals surface area (Å²) >= 11 is 7.08. The van der Waals surface area contributed by atoms with Crippen molar-refractivity contribution in [3.63, 3.8) is 0 Å². The van der Waals surface area contributed by atoms with Gasteiger partial charge in [-0.1, -0.05) is 42.6 Å². The Hall–Kier alpha value is -3.69. The number of thiophene rings is 1. The van der Waals surface area contributed by atoms with E-state index in [9.17, 15) is 14.4 Å². The normalized spacial score (nSPS) is 20.0. The number of amides is 3. The van der Waals surface area contributed by atoms with Crippen molar-refractivity contribution in [2.45, 2.75) is 44.3 Å². The molecule has 0 saturated heterocycles. The van der Waals surface area contributed by atoms with Gasteiger partial charge in [-0.2, -0.15) is 0 Å². The standard InChI is InChI=1S/C28H25ClN4O4S/c29-23-12-11-22(38-23)26(34)32-21-10-4-7-18-25(21)28(36)33(27(18)35)14-16-5-3-6-17(13-16)37-15-24-30-19-8-1-2-9-20(19)31-24/h3-7,10-13,19-20H,1-2,8-9,14-15H2,(H,30,31)(H,32,34). The number of fused-ring (bicyclic) bond motifs is 2. The number of benzene rings is 2. The largest absolute Gasteiger partial charge is 0.486 e. The highest BCUT2D eigenvalue weighted by Gasteiger charge is 2.38. The molecule has 6 rings (SSSR count). The van der Waals surface area contributed by atoms with Crippen molar-refractivity contribution in [3.05, 3.63) is 80.5 Å². The number of imide groups is 1. The van der Waals surface area contributed by atoms with Gasteiger partial charge in [0.05, 0.1) is 38.6 Å². The maximum Gasteiger partial charge on any atom is 0.265 e. The number of hydrogen-bond acceptors (Lipinski definition) is 7. The first kappa shape index (κ1) is 24.6. The molecule has 3 aromatic rings. The minimum absolute atomic E-state index is 0.0841. The molecule has 0 radical (unpaired) electrons. The summed E-state index contributed by atoms with van der Waals surface area (Å²) in [4.78, 5) is 45.5. The topological polar surface area (TPSA) is 100 Å². The lowest BCUT2D eigenvalue weighted by Gasteiger charge is -2.23. The Morgan fingerprint density at radius 1 is 1.11 bits per heavy atom. The molecule has 3 amide bonds. The number of rotatable bonds is 7. The minimum atomic E-state index is -0.455. The number of carbonyl (C=O) groups is 3. The van der Waals surface area contributed by atoms with E-state index in [0.29, 0.717) is 39.3 Å². The van der Waals surface area contributed by atoms with E-state index in [0.717, 1.165) is 35.6 Å². The Morgan fingerprint density at radius 3 is 2.76 bits per heavy atom. The van der Waals surface area contributed by atoms with Crippen LogP contribution in [0.25, 0.3) is 0 Å². The van der Waals surface area contributed by atoms with Gasteiger partial charge in [0.15, 0.2) is 0 Å². The highest BCUT2D eigenvalue weighted by molar-refractivity contribution is 7.18. The Labute approximate surface area is 228 Å². The lowest BCUT2D eigenvalue weighted by Crippen LogP contribution is -2.38. The maximum absolute atomic E-state index is 13.3. The number of anilines is 1. The number of amidine groups is 1. The van der Waals surface area contributed by atoms with Crippen LogP contribution in [0.4, 0.5) is 5.69 Å². The van der Waals surface area contributed by atoms with Gasteiger partial charge in [0.1, 0.15) is 18.2 Å². The van der Waals surface area contributed by atoms with Gasteiger partial charge in [-0.15, -0.1) is 11.3 Å². The van der Waals surface area contributed by atoms with Crippen LogP contribution in [-0.2, 0) is 6.54 Å². The molecule has 38 heavy (non-hydrogen) atoms. The van der Waals surface area contributed by atoms with E-state index in [1.165, 1.54) is 17.7 Å². The van der Waals surface area contributed by atoms with Crippen LogP contribution < -0.4 is 15.4 Å². The quantitative estimate of drug-likeness (QED) is 0.398. The van der Waals surface area contributed by atoms with E-state index in [4.69, 9.17) is 21.3 Å². The lowest BCUT2D eigenvalue weighted by molar-refractivity contribution is 0.0642. The highest BCUT2D eigenvalue weighted by Crippen LogP contribution is 2.32. The van der Waals surface area contributed by atoms with E-state index >= 15 is 0 Å². The summed E-state index contributed by atoms with van der Waals surface area (Å²) < 4.78 is 6.47. The molecule has 8 nitrogen and oxygen atoms in total. The molecule has 1 saturated carbocycles. The van der Waals surface area contributed by atoms with Crippen LogP contribution >= 0.6 is 22.9 Å². The maximum atomic E-state index is 13.3. The van der Waals surface area contributed by atoms with E-state index in [1.807, 2.05) is 24.3 Å². The summed E-state index contributed by atoms with van der Waals surface area (Å²) in [7, 11) is 0. The Balaban J connectivity index is 1.14. The minimum Gasteiger partial charge on any atom is -0.486 e. The molecule has 3 aliphatic rings. The molecule has 0 bridgehead atoms. The average molecular weight is 549 g/mol. The summed E-state index contributed by atoms with van der Waals surface area (Å²) in [6, 6.07) is 16.2. The van der Waals surface area contributed by atoms with E-state index in [2.05, 4.69) is 10.6 Å². The monoisotopic (exact) mass is 548 g/mol. The lowest BCUT2D eigenvalue weighted by atomic mass is 9.92. The molecule has 1 aliphatic carbocycles. The number of ether oxygens (including phenoxy) is 1. The van der Waals surface area contributed by atoms with Crippen LogP contribution in [0.1, 0.15) is 61.6 Å². The van der Waals surface area contributed by atoms with Gasteiger partial charge in [-0.25, -0.2) is 0 Å². The third-order valence-electron chi connectivity index (χ3n) is 7.06. The van der Waals surface area contributed by atoms with Crippen molar-refractivity contribution in [1.82, 2.24) is 10.2 Å². The Bertz CT molecular complexity index is 1470. The molecular formula is C28H25ClN4O4S. The van der Waals surface area contributed by atoms with Crippen LogP contribution in [0.3, 0.4) is 0 Å². The van der Waals surface area contributed by atoms with Crippen molar-refractivity contribution < 1.29 is 19.1 Å². The number of nitrogens with zero attached hydrogens (tertiary/aromatic N) is 2. The fourth-order valence-electron chi connectivity index (χ4n) is 5.23. The predicted octanol–water partition coefficient (Wildman–Crippen LogP) is 5.14. The summed E-state index contributed by atoms with van der Waals surface area (Å²) in [6.45, 7) is 0.433. The zero-order chi connectivity index (χ0) is 26.2. The number of aliphatic imine (C=N–C) groups is 1. The van der Waals surface area contributed by atoms with Crippen molar-refractivity contribution in [3.8, 4) is 5.75 Å². The van der Waals surface area contributed by atoms with Gasteiger partial charge < -0.3 is 15.4 Å². The van der Waals surface area contributed by atoms with Gasteiger partial charge in [-0.3, -0.25) is 24.3 Å². The molecule has 2 aliphatic heterocycles. The second-order valence-corrected chi connectivity index (χ2v) is 11.3. The first-order valence-corrected chi connectivity index (χ1v) is 13.8. The van der Waals surface area contributed by atoms with Gasteiger partial charge in [0.2, 0.25) is 0 Å². The zero-order valence-electron chi connectivity index (χ0n) is 20.4. The molecule has 0 spiro atoms. The van der Waals surface area contributed by atoms with Crippen molar-refractivity contribution in [1.29, 1.82) is 0 Å². The molecule has 1 aromatic heterocycles. The molecule has 10 heteroatoms. The Morgan fingerprint density at radius 2 is 1.95 bits per heavy atom. The van der Waals surface area contributed by atoms with Crippen LogP contribution in [0.5, 0.6) is 5.75 Å². The molecule has 2 unspecified atom stereocenters. The van der Waals surface area contributed by atoms with E-state index in [1.54, 1.807) is 30.3 Å². The van der Waals surface area contributed by atoms with Crippen LogP contribution in [0.2, 0.25) is 4.34 Å². The zero-order valence-corrected chi connectivity index (χ0v) is 22.0. The fourth-order valence-corrected chi connectivity index (χ4v) is 6.17. The fraction of sp³-hybridized carbons (Fsp3) is 0.286. The van der Waals surface area contributed by atoms with Crippen LogP contribution in [-0.4, -0.2) is 47.1 Å². The SMILES string of the molecule is O=C(Nc1cccc2c1C(=O)N(Cc1cccc(OCC3=NC4CCCCC4N3)c1)C2=O)c1ccc(Cl)s1. The Kier molecular flexibility index (Phi) is 6.63. The predicted molar refractivity (Wildman–Crippen MR) is 146 cm³/mol. The molecular weight excluding hydrogens is 524 g/mol. The number of nitrogens with one attached hydrogen (secondary N) is 2. The van der Waals surface area contributed by atoms with Crippen LogP contribution in [0.15, 0.2) is 59.6 Å². The van der Waals surface area contributed by atoms with Crippen molar-refractivity contribution >= 4 is 52.2 Å². The van der Waals surface area contributed by atoms with Crippen molar-refractivity contribution in [2.24, 2.45) is 4.99 Å². The summed E-state index contributed by atoms with van der Waals surface area (Å²) in [6.07, 6.45) is 4.71. The average Bonchev–Trinajstić information content (AvgIpc) is 3.61. The van der Waals surface area contributed by atoms with Gasteiger partial charge in [0.25, 0.3) is 17.7 Å².